The maximum Gasteiger partial charge on any atom is 0.123 e. The molecule has 0 aliphatic carbocycles. The lowest BCUT2D eigenvalue weighted by molar-refractivity contribution is 0.477. The number of fused-ring (bicyclic) bond motifs is 1. The topological polar surface area (TPSA) is 40.5 Å². The van der Waals surface area contributed by atoms with E-state index in [-0.39, 0.29) is 11.5 Å². The van der Waals surface area contributed by atoms with E-state index < -0.39 is 0 Å². The van der Waals surface area contributed by atoms with Gasteiger partial charge in [0.1, 0.15) is 11.5 Å². The van der Waals surface area contributed by atoms with Crippen molar-refractivity contribution >= 4 is 16.5 Å². The molecule has 2 heteroatoms. The first-order valence-corrected chi connectivity index (χ1v) is 7.78. The summed E-state index contributed by atoms with van der Waals surface area (Å²) in [6.07, 6.45) is 0. The van der Waals surface area contributed by atoms with Crippen molar-refractivity contribution < 1.29 is 10.2 Å². The van der Waals surface area contributed by atoms with Gasteiger partial charge < -0.3 is 10.2 Å². The second-order valence-electron chi connectivity index (χ2n) is 5.16. The monoisotopic (exact) mass is 306 g/mol. The van der Waals surface area contributed by atoms with Gasteiger partial charge in [0, 0.05) is 11.1 Å². The average molecular weight is 306 g/mol. The molecule has 118 valence electrons. The number of aliphatic hydroxyl groups is 1. The molecule has 0 aliphatic rings. The molecule has 2 N–H and O–H groups in total. The van der Waals surface area contributed by atoms with Crippen LogP contribution in [0.15, 0.2) is 61.2 Å². The Kier molecular flexibility index (Phi) is 5.07. The van der Waals surface area contributed by atoms with Gasteiger partial charge in [-0.3, -0.25) is 0 Å². The van der Waals surface area contributed by atoms with E-state index in [4.69, 9.17) is 0 Å². The predicted octanol–water partition coefficient (Wildman–Crippen LogP) is 6.08. The highest BCUT2D eigenvalue weighted by Crippen LogP contribution is 2.37. The van der Waals surface area contributed by atoms with E-state index >= 15 is 0 Å². The Bertz CT molecular complexity index is 848. The maximum atomic E-state index is 10.2. The summed E-state index contributed by atoms with van der Waals surface area (Å²) in [5.74, 6) is 0.294. The van der Waals surface area contributed by atoms with Crippen LogP contribution in [0.2, 0.25) is 0 Å². The van der Waals surface area contributed by atoms with Gasteiger partial charge in [-0.05, 0) is 41.0 Å². The molecule has 23 heavy (non-hydrogen) atoms. The van der Waals surface area contributed by atoms with Gasteiger partial charge in [-0.2, -0.15) is 0 Å². The quantitative estimate of drug-likeness (QED) is 0.564. The van der Waals surface area contributed by atoms with E-state index in [0.29, 0.717) is 5.56 Å². The molecule has 0 unspecified atom stereocenters. The molecular formula is C21H22O2. The van der Waals surface area contributed by atoms with Crippen LogP contribution >= 0.6 is 0 Å². The van der Waals surface area contributed by atoms with Crippen LogP contribution in [0.3, 0.4) is 0 Å². The lowest BCUT2D eigenvalue weighted by Gasteiger charge is -2.13. The summed E-state index contributed by atoms with van der Waals surface area (Å²) in [5.41, 5.74) is 3.53. The molecule has 3 aromatic carbocycles. The average Bonchev–Trinajstić information content (AvgIpc) is 2.57. The van der Waals surface area contributed by atoms with Gasteiger partial charge in [0.05, 0.1) is 0 Å². The molecule has 0 spiro atoms. The van der Waals surface area contributed by atoms with E-state index in [1.165, 1.54) is 0 Å². The van der Waals surface area contributed by atoms with Crippen molar-refractivity contribution in [2.75, 3.05) is 0 Å². The largest absolute Gasteiger partial charge is 0.508 e. The molecule has 0 aliphatic heterocycles. The Morgan fingerprint density at radius 3 is 2.26 bits per heavy atom. The molecule has 0 saturated carbocycles. The molecule has 0 bridgehead atoms. The van der Waals surface area contributed by atoms with Crippen molar-refractivity contribution in [3.63, 3.8) is 0 Å². The number of para-hydroxylation sites is 1. The SMILES string of the molecule is C=C(O)c1ccc2ccc(C)c(-c3ccccc3O)c2c1.CC. The molecule has 3 rings (SSSR count). The molecule has 0 aromatic heterocycles. The fourth-order valence-corrected chi connectivity index (χ4v) is 2.65. The molecule has 2 nitrogen and oxygen atoms in total. The Hall–Kier alpha value is -2.74. The van der Waals surface area contributed by atoms with Gasteiger partial charge in [-0.25, -0.2) is 0 Å². The summed E-state index contributed by atoms with van der Waals surface area (Å²) < 4.78 is 0. The second-order valence-corrected chi connectivity index (χ2v) is 5.16. The molecular weight excluding hydrogens is 284 g/mol. The van der Waals surface area contributed by atoms with E-state index in [1.807, 2.05) is 63.2 Å². The van der Waals surface area contributed by atoms with Gasteiger partial charge in [-0.1, -0.05) is 62.9 Å². The first kappa shape index (κ1) is 16.6. The molecule has 0 amide bonds. The Morgan fingerprint density at radius 2 is 1.61 bits per heavy atom. The normalized spacial score (nSPS) is 10.0. The van der Waals surface area contributed by atoms with Crippen molar-refractivity contribution in [2.45, 2.75) is 20.8 Å². The van der Waals surface area contributed by atoms with E-state index in [2.05, 4.69) is 6.58 Å². The van der Waals surface area contributed by atoms with Crippen molar-refractivity contribution in [3.05, 3.63) is 72.3 Å². The minimum absolute atomic E-state index is 0.0432. The van der Waals surface area contributed by atoms with Crippen LogP contribution in [0.1, 0.15) is 25.0 Å². The molecule has 0 radical (unpaired) electrons. The van der Waals surface area contributed by atoms with Crippen molar-refractivity contribution in [1.29, 1.82) is 0 Å². The minimum atomic E-state index is 0.0432. The summed E-state index contributed by atoms with van der Waals surface area (Å²) in [6, 6.07) is 17.1. The Morgan fingerprint density at radius 1 is 0.957 bits per heavy atom. The minimum Gasteiger partial charge on any atom is -0.508 e. The second kappa shape index (κ2) is 7.01. The van der Waals surface area contributed by atoms with Gasteiger partial charge in [0.2, 0.25) is 0 Å². The number of rotatable bonds is 2. The summed E-state index contributed by atoms with van der Waals surface area (Å²) in [6.45, 7) is 9.60. The van der Waals surface area contributed by atoms with Gasteiger partial charge in [-0.15, -0.1) is 0 Å². The highest BCUT2D eigenvalue weighted by molar-refractivity contribution is 6.00. The summed E-state index contributed by atoms with van der Waals surface area (Å²) in [5, 5.41) is 21.8. The zero-order chi connectivity index (χ0) is 17.0. The zero-order valence-corrected chi connectivity index (χ0v) is 13.8. The van der Waals surface area contributed by atoms with Gasteiger partial charge in [0.25, 0.3) is 0 Å². The van der Waals surface area contributed by atoms with Crippen molar-refractivity contribution in [1.82, 2.24) is 0 Å². The first-order chi connectivity index (χ1) is 11.1. The molecule has 3 aromatic rings. The van der Waals surface area contributed by atoms with Crippen LogP contribution in [-0.2, 0) is 0 Å². The number of aryl methyl sites for hydroxylation is 1. The smallest absolute Gasteiger partial charge is 0.123 e. The van der Waals surface area contributed by atoms with Crippen molar-refractivity contribution in [2.24, 2.45) is 0 Å². The number of hydrogen-bond donors (Lipinski definition) is 2. The Labute approximate surface area is 137 Å². The van der Waals surface area contributed by atoms with Crippen molar-refractivity contribution in [3.8, 4) is 16.9 Å². The number of phenols is 1. The van der Waals surface area contributed by atoms with E-state index in [0.717, 1.165) is 27.5 Å². The van der Waals surface area contributed by atoms with Gasteiger partial charge >= 0.3 is 0 Å². The number of phenolic OH excluding ortho intramolecular Hbond substituents is 1. The van der Waals surface area contributed by atoms with Crippen LogP contribution in [0.25, 0.3) is 27.7 Å². The fourth-order valence-electron chi connectivity index (χ4n) is 2.65. The number of aromatic hydroxyl groups is 1. The van der Waals surface area contributed by atoms with Crippen LogP contribution in [-0.4, -0.2) is 10.2 Å². The van der Waals surface area contributed by atoms with Crippen LogP contribution < -0.4 is 0 Å². The third kappa shape index (κ3) is 3.21. The molecule has 0 heterocycles. The molecule has 0 saturated heterocycles. The molecule has 0 fully saturated rings. The third-order valence-electron chi connectivity index (χ3n) is 3.74. The lowest BCUT2D eigenvalue weighted by atomic mass is 9.92. The number of aliphatic hydroxyl groups excluding tert-OH is 1. The lowest BCUT2D eigenvalue weighted by Crippen LogP contribution is -1.89. The number of hydrogen-bond acceptors (Lipinski definition) is 2. The van der Waals surface area contributed by atoms with Crippen LogP contribution in [0.4, 0.5) is 0 Å². The highest BCUT2D eigenvalue weighted by Gasteiger charge is 2.11. The zero-order valence-electron chi connectivity index (χ0n) is 13.8. The summed E-state index contributed by atoms with van der Waals surface area (Å²) in [7, 11) is 0. The summed E-state index contributed by atoms with van der Waals surface area (Å²) in [4.78, 5) is 0. The van der Waals surface area contributed by atoms with E-state index in [1.54, 1.807) is 12.1 Å². The third-order valence-corrected chi connectivity index (χ3v) is 3.74. The first-order valence-electron chi connectivity index (χ1n) is 7.78. The van der Waals surface area contributed by atoms with Gasteiger partial charge in [0.15, 0.2) is 0 Å². The van der Waals surface area contributed by atoms with Crippen LogP contribution in [0.5, 0.6) is 5.75 Å². The Balaban J connectivity index is 0.000000924. The van der Waals surface area contributed by atoms with E-state index in [9.17, 15) is 10.2 Å². The maximum absolute atomic E-state index is 10.2. The van der Waals surface area contributed by atoms with Crippen LogP contribution in [0, 0.1) is 6.92 Å². The standard InChI is InChI=1S/C19H16O2.C2H6/c1-12-7-8-14-9-10-15(13(2)20)11-17(14)19(12)16-5-3-4-6-18(16)21;1-2/h3-11,20-21H,2H2,1H3;1-2H3. The molecule has 0 atom stereocenters. The number of benzene rings is 3. The highest BCUT2D eigenvalue weighted by atomic mass is 16.3. The summed E-state index contributed by atoms with van der Waals surface area (Å²) >= 11 is 0. The fraction of sp³-hybridized carbons (Fsp3) is 0.143. The predicted molar refractivity (Wildman–Crippen MR) is 98.8 cm³/mol.